The van der Waals surface area contributed by atoms with Crippen LogP contribution >= 0.6 is 0 Å². The number of hydrogen-bond acceptors (Lipinski definition) is 3. The van der Waals surface area contributed by atoms with Gasteiger partial charge in [-0.3, -0.25) is 4.79 Å². The highest BCUT2D eigenvalue weighted by Crippen LogP contribution is 2.32. The Bertz CT molecular complexity index is 1440. The maximum absolute atomic E-state index is 12.6. The first-order valence-corrected chi connectivity index (χ1v) is 11.3. The van der Waals surface area contributed by atoms with E-state index in [0.29, 0.717) is 5.69 Å². The number of carbonyl (C=O) groups excluding carboxylic acids is 1. The molecule has 0 amide bonds. The lowest BCUT2D eigenvalue weighted by atomic mass is 9.94. The third-order valence-electron chi connectivity index (χ3n) is 6.43. The number of hydrogen-bond donors (Lipinski definition) is 1. The normalized spacial score (nSPS) is 11.3. The molecule has 0 bridgehead atoms. The number of aryl methyl sites for hydroxylation is 2. The third kappa shape index (κ3) is 4.53. The Morgan fingerprint density at radius 1 is 1.09 bits per heavy atom. The number of nitrogens with two attached hydrogens (primary N) is 1. The van der Waals surface area contributed by atoms with Gasteiger partial charge in [0.1, 0.15) is 5.75 Å². The number of allylic oxidation sites excluding steroid dienone is 1. The quantitative estimate of drug-likeness (QED) is 0.267. The topological polar surface area (TPSA) is 57.2 Å². The molecule has 0 saturated carbocycles. The van der Waals surface area contributed by atoms with Gasteiger partial charge in [-0.2, -0.15) is 0 Å². The van der Waals surface area contributed by atoms with Gasteiger partial charge in [0.25, 0.3) is 0 Å². The van der Waals surface area contributed by atoms with Gasteiger partial charge in [-0.25, -0.2) is 0 Å². The molecular formula is C30H30N2O2. The van der Waals surface area contributed by atoms with Crippen molar-refractivity contribution in [3.05, 3.63) is 107 Å². The second kappa shape index (κ2) is 9.44. The predicted molar refractivity (Wildman–Crippen MR) is 142 cm³/mol. The van der Waals surface area contributed by atoms with Gasteiger partial charge in [0.2, 0.25) is 0 Å². The molecule has 0 aliphatic carbocycles. The second-order valence-corrected chi connectivity index (χ2v) is 8.70. The maximum Gasteiger partial charge on any atom is 0.160 e. The Hall–Kier alpha value is -4.05. The number of nitrogen functional groups attached to an aromatic ring is 1. The molecule has 3 aromatic carbocycles. The van der Waals surface area contributed by atoms with Gasteiger partial charge in [-0.15, -0.1) is 0 Å². The fraction of sp³-hybridized carbons (Fsp3) is 0.167. The highest BCUT2D eigenvalue weighted by Gasteiger charge is 2.12. The number of carbonyl (C=O) groups is 1. The molecule has 0 radical (unpaired) electrons. The molecule has 4 rings (SSSR count). The molecule has 1 aromatic heterocycles. The van der Waals surface area contributed by atoms with E-state index in [1.54, 1.807) is 13.2 Å². The number of ether oxygens (including phenoxy) is 1. The molecule has 0 atom stereocenters. The number of rotatable bonds is 7. The van der Waals surface area contributed by atoms with Crippen LogP contribution in [0.4, 0.5) is 5.69 Å². The number of aromatic nitrogens is 1. The summed E-state index contributed by atoms with van der Waals surface area (Å²) in [5.41, 5.74) is 14.8. The van der Waals surface area contributed by atoms with Crippen molar-refractivity contribution >= 4 is 34.0 Å². The van der Waals surface area contributed by atoms with Crippen LogP contribution in [0.2, 0.25) is 0 Å². The van der Waals surface area contributed by atoms with Crippen LogP contribution in [0, 0.1) is 13.8 Å². The highest BCUT2D eigenvalue weighted by molar-refractivity contribution is 5.99. The molecule has 4 aromatic rings. The summed E-state index contributed by atoms with van der Waals surface area (Å²) in [6.45, 7) is 8.51. The van der Waals surface area contributed by atoms with Crippen molar-refractivity contribution in [2.75, 3.05) is 12.8 Å². The standard InChI is InChI=1S/C30H30N2O2/c1-19-14-25(17-30(34-5)20(19)2)21(3)22-11-13-29-27(16-22)24(18-32(29)4)10-12-26(33)15-23-8-6-7-9-28(23)31/h6-14,16-18H,3,15,31H2,1-2,4-5H3/b12-10+. The monoisotopic (exact) mass is 450 g/mol. The zero-order valence-electron chi connectivity index (χ0n) is 20.2. The Kier molecular flexibility index (Phi) is 6.42. The largest absolute Gasteiger partial charge is 0.496 e. The molecule has 0 aliphatic rings. The highest BCUT2D eigenvalue weighted by atomic mass is 16.5. The molecular weight excluding hydrogens is 420 g/mol. The maximum atomic E-state index is 12.6. The zero-order valence-corrected chi connectivity index (χ0v) is 20.2. The zero-order chi connectivity index (χ0) is 24.4. The summed E-state index contributed by atoms with van der Waals surface area (Å²) in [6, 6.07) is 18.0. The molecule has 0 fully saturated rings. The molecule has 0 aliphatic heterocycles. The van der Waals surface area contributed by atoms with Gasteiger partial charge in [0.05, 0.1) is 7.11 Å². The summed E-state index contributed by atoms with van der Waals surface area (Å²) < 4.78 is 7.63. The van der Waals surface area contributed by atoms with Gasteiger partial charge in [-0.1, -0.05) is 36.9 Å². The fourth-order valence-corrected chi connectivity index (χ4v) is 4.25. The van der Waals surface area contributed by atoms with Gasteiger partial charge >= 0.3 is 0 Å². The van der Waals surface area contributed by atoms with Crippen LogP contribution in [0.25, 0.3) is 22.6 Å². The van der Waals surface area contributed by atoms with Crippen LogP contribution in [0.3, 0.4) is 0 Å². The van der Waals surface area contributed by atoms with E-state index in [1.165, 1.54) is 0 Å². The Balaban J connectivity index is 1.65. The van der Waals surface area contributed by atoms with Crippen LogP contribution in [0.5, 0.6) is 5.75 Å². The molecule has 4 nitrogen and oxygen atoms in total. The van der Waals surface area contributed by atoms with Crippen molar-refractivity contribution < 1.29 is 9.53 Å². The van der Waals surface area contributed by atoms with Gasteiger partial charge in [0, 0.05) is 41.8 Å². The van der Waals surface area contributed by atoms with Crippen molar-refractivity contribution in [2.24, 2.45) is 7.05 Å². The van der Waals surface area contributed by atoms with Gasteiger partial charge < -0.3 is 15.0 Å². The van der Waals surface area contributed by atoms with Crippen LogP contribution < -0.4 is 10.5 Å². The minimum atomic E-state index is 0.0118. The molecule has 0 saturated heterocycles. The lowest BCUT2D eigenvalue weighted by Gasteiger charge is -2.13. The van der Waals surface area contributed by atoms with Crippen molar-refractivity contribution in [3.63, 3.8) is 0 Å². The number of para-hydroxylation sites is 1. The third-order valence-corrected chi connectivity index (χ3v) is 6.43. The van der Waals surface area contributed by atoms with Crippen LogP contribution in [-0.2, 0) is 18.3 Å². The summed E-state index contributed by atoms with van der Waals surface area (Å²) >= 11 is 0. The number of anilines is 1. The van der Waals surface area contributed by atoms with Crippen molar-refractivity contribution in [3.8, 4) is 5.75 Å². The lowest BCUT2D eigenvalue weighted by molar-refractivity contribution is -0.113. The summed E-state index contributed by atoms with van der Waals surface area (Å²) in [4.78, 5) is 12.6. The first-order valence-electron chi connectivity index (χ1n) is 11.3. The first-order chi connectivity index (χ1) is 16.3. The minimum Gasteiger partial charge on any atom is -0.496 e. The smallest absolute Gasteiger partial charge is 0.160 e. The number of ketones is 1. The Morgan fingerprint density at radius 2 is 1.85 bits per heavy atom. The van der Waals surface area contributed by atoms with Crippen LogP contribution in [-0.4, -0.2) is 17.5 Å². The number of methoxy groups -OCH3 is 1. The van der Waals surface area contributed by atoms with Crippen molar-refractivity contribution in [1.29, 1.82) is 0 Å². The molecule has 1 heterocycles. The van der Waals surface area contributed by atoms with E-state index in [-0.39, 0.29) is 12.2 Å². The van der Waals surface area contributed by atoms with Crippen molar-refractivity contribution in [1.82, 2.24) is 4.57 Å². The average Bonchev–Trinajstić information content (AvgIpc) is 3.15. The molecule has 2 N–H and O–H groups in total. The van der Waals surface area contributed by atoms with E-state index >= 15 is 0 Å². The number of nitrogens with zero attached hydrogens (tertiary/aromatic N) is 1. The van der Waals surface area contributed by atoms with E-state index in [0.717, 1.165) is 55.6 Å². The van der Waals surface area contributed by atoms with E-state index in [1.807, 2.05) is 49.7 Å². The fourth-order valence-electron chi connectivity index (χ4n) is 4.25. The molecule has 4 heteroatoms. The molecule has 34 heavy (non-hydrogen) atoms. The molecule has 0 spiro atoms. The van der Waals surface area contributed by atoms with E-state index in [4.69, 9.17) is 10.5 Å². The minimum absolute atomic E-state index is 0.0118. The lowest BCUT2D eigenvalue weighted by Crippen LogP contribution is -2.01. The van der Waals surface area contributed by atoms with Crippen LogP contribution in [0.15, 0.2) is 73.4 Å². The van der Waals surface area contributed by atoms with Gasteiger partial charge in [-0.05, 0) is 83.7 Å². The summed E-state index contributed by atoms with van der Waals surface area (Å²) in [5, 5.41) is 1.07. The summed E-state index contributed by atoms with van der Waals surface area (Å²) in [7, 11) is 3.70. The average molecular weight is 451 g/mol. The Labute approximate surface area is 201 Å². The number of benzene rings is 3. The number of fused-ring (bicyclic) bond motifs is 1. The van der Waals surface area contributed by atoms with E-state index in [9.17, 15) is 4.79 Å². The van der Waals surface area contributed by atoms with Crippen molar-refractivity contribution in [2.45, 2.75) is 20.3 Å². The summed E-state index contributed by atoms with van der Waals surface area (Å²) in [6.07, 6.45) is 5.84. The van der Waals surface area contributed by atoms with Gasteiger partial charge in [0.15, 0.2) is 5.78 Å². The summed E-state index contributed by atoms with van der Waals surface area (Å²) in [5.74, 6) is 0.871. The van der Waals surface area contributed by atoms with Crippen LogP contribution in [0.1, 0.15) is 33.4 Å². The van der Waals surface area contributed by atoms with E-state index in [2.05, 4.69) is 49.3 Å². The predicted octanol–water partition coefficient (Wildman–Crippen LogP) is 6.27. The molecule has 0 unspecified atom stereocenters. The second-order valence-electron chi connectivity index (χ2n) is 8.70. The first kappa shape index (κ1) is 23.1. The molecule has 172 valence electrons. The SMILES string of the molecule is C=C(c1cc(C)c(C)c(OC)c1)c1ccc2c(c1)c(/C=C/C(=O)Cc1ccccc1N)cn2C. The van der Waals surface area contributed by atoms with E-state index < -0.39 is 0 Å². The Morgan fingerprint density at radius 3 is 2.59 bits per heavy atom.